The lowest BCUT2D eigenvalue weighted by atomic mass is 9.77. The monoisotopic (exact) mass is 577 g/mol. The minimum atomic E-state index is 0.796. The van der Waals surface area contributed by atoms with Gasteiger partial charge in [-0.1, -0.05) is 121 Å². The summed E-state index contributed by atoms with van der Waals surface area (Å²) in [6, 6.07) is 47.9. The normalized spacial score (nSPS) is 11.7. The van der Waals surface area contributed by atoms with Crippen LogP contribution in [-0.4, -0.2) is 15.4 Å². The lowest BCUT2D eigenvalue weighted by molar-refractivity contribution is 0.871. The van der Waals surface area contributed by atoms with E-state index in [9.17, 15) is 0 Å². The zero-order valence-electron chi connectivity index (χ0n) is 25.3. The molecule has 7 aromatic rings. The van der Waals surface area contributed by atoms with Crippen molar-refractivity contribution in [3.05, 3.63) is 162 Å². The quantitative estimate of drug-likeness (QED) is 0.204. The number of aryl methyl sites for hydroxylation is 1. The van der Waals surface area contributed by atoms with E-state index in [0.717, 1.165) is 39.9 Å². The van der Waals surface area contributed by atoms with Crippen LogP contribution >= 0.6 is 0 Å². The Kier molecular flexibility index (Phi) is 6.65. The van der Waals surface area contributed by atoms with Crippen LogP contribution in [0.3, 0.4) is 0 Å². The summed E-state index contributed by atoms with van der Waals surface area (Å²) < 4.78 is 0. The van der Waals surface area contributed by atoms with Crippen LogP contribution in [0.5, 0.6) is 0 Å². The van der Waals surface area contributed by atoms with E-state index >= 15 is 0 Å². The van der Waals surface area contributed by atoms with Crippen molar-refractivity contribution in [3.8, 4) is 66.9 Å². The molecular formula is C42H31N3. The predicted molar refractivity (Wildman–Crippen MR) is 185 cm³/mol. The van der Waals surface area contributed by atoms with Gasteiger partial charge in [-0.2, -0.15) is 0 Å². The maximum atomic E-state index is 4.61. The zero-order valence-corrected chi connectivity index (χ0v) is 25.3. The van der Waals surface area contributed by atoms with Gasteiger partial charge in [-0.05, 0) is 110 Å². The second-order valence-corrected chi connectivity index (χ2v) is 11.8. The molecule has 0 N–H and O–H groups in total. The van der Waals surface area contributed by atoms with Crippen molar-refractivity contribution < 1.29 is 0 Å². The summed E-state index contributed by atoms with van der Waals surface area (Å²) >= 11 is 0. The average molecular weight is 578 g/mol. The van der Waals surface area contributed by atoms with Crippen LogP contribution in [0.2, 0.25) is 0 Å². The molecule has 0 atom stereocenters. The Morgan fingerprint density at radius 2 is 1.11 bits per heavy atom. The first-order valence-electron chi connectivity index (χ1n) is 15.4. The summed E-state index contributed by atoms with van der Waals surface area (Å²) in [5, 5.41) is 12.8. The smallest absolute Gasteiger partial charge is 0.0976 e. The van der Waals surface area contributed by atoms with Crippen molar-refractivity contribution >= 4 is 0 Å². The molecule has 45 heavy (non-hydrogen) atoms. The van der Waals surface area contributed by atoms with E-state index in [0.29, 0.717) is 0 Å². The number of rotatable bonds is 5. The number of hydrogen-bond donors (Lipinski definition) is 0. The van der Waals surface area contributed by atoms with Crippen molar-refractivity contribution in [3.63, 3.8) is 0 Å². The molecule has 0 radical (unpaired) electrons. The van der Waals surface area contributed by atoms with Crippen LogP contribution in [0.15, 0.2) is 140 Å². The molecule has 8 rings (SSSR count). The van der Waals surface area contributed by atoms with Crippen molar-refractivity contribution in [2.24, 2.45) is 0 Å². The molecule has 6 aromatic carbocycles. The second kappa shape index (κ2) is 11.1. The number of aromatic nitrogens is 3. The Bertz CT molecular complexity index is 2170. The molecule has 0 saturated carbocycles. The van der Waals surface area contributed by atoms with Gasteiger partial charge in [0.15, 0.2) is 0 Å². The van der Waals surface area contributed by atoms with Crippen LogP contribution < -0.4 is 0 Å². The average Bonchev–Trinajstić information content (AvgIpc) is 3.47. The highest BCUT2D eigenvalue weighted by molar-refractivity contribution is 6.08. The molecule has 1 aliphatic rings. The van der Waals surface area contributed by atoms with Gasteiger partial charge in [0.1, 0.15) is 0 Å². The SMILES string of the molecule is Cc1cc2c(c(-c3cc(-c4ccccc4)c(-c4ccnnn4)c(-c4ccccc4)c3-c3ccccc3)c1C)Cc1ccccc1-2. The highest BCUT2D eigenvalue weighted by Crippen LogP contribution is 2.53. The Morgan fingerprint density at radius 3 is 1.78 bits per heavy atom. The third-order valence-electron chi connectivity index (χ3n) is 9.19. The van der Waals surface area contributed by atoms with Crippen LogP contribution in [0.4, 0.5) is 0 Å². The fourth-order valence-corrected chi connectivity index (χ4v) is 7.05. The van der Waals surface area contributed by atoms with E-state index in [1.165, 1.54) is 55.6 Å². The molecule has 3 nitrogen and oxygen atoms in total. The number of hydrogen-bond acceptors (Lipinski definition) is 3. The Morgan fingerprint density at radius 1 is 0.489 bits per heavy atom. The van der Waals surface area contributed by atoms with E-state index < -0.39 is 0 Å². The third kappa shape index (κ3) is 4.56. The van der Waals surface area contributed by atoms with Gasteiger partial charge in [0.25, 0.3) is 0 Å². The first-order chi connectivity index (χ1) is 22.2. The van der Waals surface area contributed by atoms with E-state index in [4.69, 9.17) is 0 Å². The minimum absolute atomic E-state index is 0.796. The Balaban J connectivity index is 1.59. The molecule has 0 saturated heterocycles. The van der Waals surface area contributed by atoms with Crippen LogP contribution in [0.25, 0.3) is 66.9 Å². The van der Waals surface area contributed by atoms with Gasteiger partial charge in [0, 0.05) is 11.1 Å². The van der Waals surface area contributed by atoms with Crippen molar-refractivity contribution in [2.75, 3.05) is 0 Å². The second-order valence-electron chi connectivity index (χ2n) is 11.8. The summed E-state index contributed by atoms with van der Waals surface area (Å²) in [6.07, 6.45) is 2.64. The van der Waals surface area contributed by atoms with E-state index in [1.807, 2.05) is 6.07 Å². The maximum absolute atomic E-state index is 4.61. The first kappa shape index (κ1) is 26.9. The summed E-state index contributed by atoms with van der Waals surface area (Å²) in [6.45, 7) is 4.54. The molecule has 0 fully saturated rings. The molecule has 0 bridgehead atoms. The van der Waals surface area contributed by atoms with Crippen molar-refractivity contribution in [2.45, 2.75) is 20.3 Å². The van der Waals surface area contributed by atoms with Crippen molar-refractivity contribution in [1.82, 2.24) is 15.4 Å². The molecule has 3 heteroatoms. The number of nitrogens with zero attached hydrogens (tertiary/aromatic N) is 3. The fourth-order valence-electron chi connectivity index (χ4n) is 7.05. The van der Waals surface area contributed by atoms with Gasteiger partial charge in [0.2, 0.25) is 0 Å². The summed E-state index contributed by atoms with van der Waals surface area (Å²) in [5.74, 6) is 0. The number of benzene rings is 6. The van der Waals surface area contributed by atoms with Gasteiger partial charge in [-0.3, -0.25) is 0 Å². The molecule has 0 amide bonds. The van der Waals surface area contributed by atoms with E-state index in [-0.39, 0.29) is 0 Å². The summed E-state index contributed by atoms with van der Waals surface area (Å²) in [4.78, 5) is 0. The van der Waals surface area contributed by atoms with Crippen LogP contribution in [0.1, 0.15) is 22.3 Å². The van der Waals surface area contributed by atoms with Gasteiger partial charge >= 0.3 is 0 Å². The highest BCUT2D eigenvalue weighted by atomic mass is 15.3. The predicted octanol–water partition coefficient (Wildman–Crippen LogP) is 10.4. The molecule has 0 spiro atoms. The van der Waals surface area contributed by atoms with Gasteiger partial charge in [-0.25, -0.2) is 0 Å². The van der Waals surface area contributed by atoms with E-state index in [2.05, 4.69) is 157 Å². The van der Waals surface area contributed by atoms with Gasteiger partial charge in [0.05, 0.1) is 11.9 Å². The number of fused-ring (bicyclic) bond motifs is 3. The van der Waals surface area contributed by atoms with Crippen LogP contribution in [0, 0.1) is 13.8 Å². The van der Waals surface area contributed by atoms with E-state index in [1.54, 1.807) is 6.20 Å². The van der Waals surface area contributed by atoms with Crippen LogP contribution in [-0.2, 0) is 6.42 Å². The standard InChI is InChI=1S/C42H31N3/c1-27-24-35-33-21-13-12-20-32(33)25-36(35)39(28(27)2)37-26-34(29-14-6-3-7-15-29)42(38-22-23-43-45-44-38)41(31-18-10-5-11-19-31)40(37)30-16-8-4-9-17-30/h3-24,26H,25H2,1-2H3. The molecule has 1 heterocycles. The fraction of sp³-hybridized carbons (Fsp3) is 0.0714. The topological polar surface area (TPSA) is 38.7 Å². The molecule has 1 aliphatic carbocycles. The summed E-state index contributed by atoms with van der Waals surface area (Å²) in [5.41, 5.74) is 19.4. The Labute approximate surface area is 263 Å². The minimum Gasteiger partial charge on any atom is -0.139 e. The van der Waals surface area contributed by atoms with Crippen molar-refractivity contribution in [1.29, 1.82) is 0 Å². The Hall–Kier alpha value is -5.67. The molecule has 0 aliphatic heterocycles. The molecule has 0 unspecified atom stereocenters. The zero-order chi connectivity index (χ0) is 30.3. The molecule has 214 valence electrons. The maximum Gasteiger partial charge on any atom is 0.0976 e. The van der Waals surface area contributed by atoms with Gasteiger partial charge in [-0.15, -0.1) is 10.2 Å². The summed E-state index contributed by atoms with van der Waals surface area (Å²) in [7, 11) is 0. The third-order valence-corrected chi connectivity index (χ3v) is 9.19. The first-order valence-corrected chi connectivity index (χ1v) is 15.4. The lowest BCUT2D eigenvalue weighted by Gasteiger charge is -2.26. The lowest BCUT2D eigenvalue weighted by Crippen LogP contribution is -2.03. The molecular weight excluding hydrogens is 546 g/mol. The van der Waals surface area contributed by atoms with Gasteiger partial charge < -0.3 is 0 Å². The molecule has 1 aromatic heterocycles. The highest BCUT2D eigenvalue weighted by Gasteiger charge is 2.29. The largest absolute Gasteiger partial charge is 0.139 e.